The van der Waals surface area contributed by atoms with E-state index in [1.54, 1.807) is 0 Å². The molecule has 0 atom stereocenters. The minimum Gasteiger partial charge on any atom is -0.386 e. The monoisotopic (exact) mass is 208 g/mol. The Kier molecular flexibility index (Phi) is 3.19. The van der Waals surface area contributed by atoms with Crippen molar-refractivity contribution >= 4 is 11.9 Å². The summed E-state index contributed by atoms with van der Waals surface area (Å²) in [5.41, 5.74) is 0.561. The van der Waals surface area contributed by atoms with E-state index in [0.29, 0.717) is 12.0 Å². The van der Waals surface area contributed by atoms with Gasteiger partial charge in [0.2, 0.25) is 0 Å². The van der Waals surface area contributed by atoms with Crippen molar-refractivity contribution in [3.8, 4) is 0 Å². The fourth-order valence-corrected chi connectivity index (χ4v) is 2.40. The molecule has 1 saturated carbocycles. The highest BCUT2D eigenvalue weighted by Gasteiger charge is 2.24. The zero-order chi connectivity index (χ0) is 10.7. The number of cyclic esters (lactones) is 2. The lowest BCUT2D eigenvalue weighted by Crippen LogP contribution is -2.08. The predicted molar refractivity (Wildman–Crippen MR) is 55.0 cm³/mol. The van der Waals surface area contributed by atoms with E-state index in [1.165, 1.54) is 38.2 Å². The fraction of sp³-hybridized carbons (Fsp3) is 0.667. The number of hydrogen-bond donors (Lipinski definition) is 0. The Morgan fingerprint density at radius 2 is 1.93 bits per heavy atom. The van der Waals surface area contributed by atoms with Crippen LogP contribution in [0.25, 0.3) is 0 Å². The molecule has 1 fully saturated rings. The summed E-state index contributed by atoms with van der Waals surface area (Å²) in [5, 5.41) is 0. The van der Waals surface area contributed by atoms with Crippen LogP contribution in [0.4, 0.5) is 0 Å². The lowest BCUT2D eigenvalue weighted by atomic mass is 9.85. The van der Waals surface area contributed by atoms with E-state index in [0.717, 1.165) is 12.3 Å². The lowest BCUT2D eigenvalue weighted by Gasteiger charge is -2.20. The second-order valence-corrected chi connectivity index (χ2v) is 4.42. The largest absolute Gasteiger partial charge is 0.386 e. The highest BCUT2D eigenvalue weighted by Crippen LogP contribution is 2.29. The van der Waals surface area contributed by atoms with Crippen molar-refractivity contribution in [2.24, 2.45) is 5.92 Å². The van der Waals surface area contributed by atoms with Gasteiger partial charge in [0.25, 0.3) is 0 Å². The van der Waals surface area contributed by atoms with Crippen LogP contribution in [0.5, 0.6) is 0 Å². The summed E-state index contributed by atoms with van der Waals surface area (Å²) >= 11 is 0. The number of esters is 2. The first-order chi connectivity index (χ1) is 7.25. The average molecular weight is 208 g/mol. The lowest BCUT2D eigenvalue weighted by molar-refractivity contribution is -0.150. The van der Waals surface area contributed by atoms with Crippen molar-refractivity contribution in [3.05, 3.63) is 11.6 Å². The van der Waals surface area contributed by atoms with E-state index in [4.69, 9.17) is 0 Å². The van der Waals surface area contributed by atoms with E-state index < -0.39 is 11.9 Å². The molecule has 3 nitrogen and oxygen atoms in total. The van der Waals surface area contributed by atoms with Crippen LogP contribution in [0.1, 0.15) is 44.9 Å². The van der Waals surface area contributed by atoms with Crippen LogP contribution in [0.15, 0.2) is 11.6 Å². The van der Waals surface area contributed by atoms with Crippen molar-refractivity contribution < 1.29 is 14.3 Å². The molecule has 82 valence electrons. The first kappa shape index (κ1) is 10.4. The van der Waals surface area contributed by atoms with Crippen molar-refractivity contribution in [1.82, 2.24) is 0 Å². The molecule has 0 amide bonds. The Bertz CT molecular complexity index is 298. The summed E-state index contributed by atoms with van der Waals surface area (Å²) < 4.78 is 4.44. The van der Waals surface area contributed by atoms with Gasteiger partial charge >= 0.3 is 11.9 Å². The van der Waals surface area contributed by atoms with E-state index in [9.17, 15) is 9.59 Å². The summed E-state index contributed by atoms with van der Waals surface area (Å²) in [7, 11) is 0. The van der Waals surface area contributed by atoms with Gasteiger partial charge in [-0.05, 0) is 18.8 Å². The van der Waals surface area contributed by atoms with Gasteiger partial charge in [0, 0.05) is 11.6 Å². The van der Waals surface area contributed by atoms with Crippen LogP contribution >= 0.6 is 0 Å². The summed E-state index contributed by atoms with van der Waals surface area (Å²) in [6.45, 7) is 0. The molecule has 15 heavy (non-hydrogen) atoms. The van der Waals surface area contributed by atoms with E-state index >= 15 is 0 Å². The fourth-order valence-electron chi connectivity index (χ4n) is 2.40. The van der Waals surface area contributed by atoms with Gasteiger partial charge in [0.1, 0.15) is 0 Å². The highest BCUT2D eigenvalue weighted by molar-refractivity contribution is 6.08. The number of carbonyl (C=O) groups is 2. The van der Waals surface area contributed by atoms with Gasteiger partial charge in [-0.15, -0.1) is 0 Å². The quantitative estimate of drug-likeness (QED) is 0.528. The molecule has 3 heteroatoms. The molecule has 0 aromatic rings. The van der Waals surface area contributed by atoms with E-state index in [2.05, 4.69) is 4.74 Å². The van der Waals surface area contributed by atoms with Gasteiger partial charge < -0.3 is 4.74 Å². The van der Waals surface area contributed by atoms with Gasteiger partial charge in [-0.1, -0.05) is 32.1 Å². The molecule has 0 bridgehead atoms. The molecule has 0 N–H and O–H groups in total. The third kappa shape index (κ3) is 2.67. The molecule has 1 aliphatic carbocycles. The Hall–Kier alpha value is -1.12. The average Bonchev–Trinajstić information content (AvgIpc) is 2.56. The Morgan fingerprint density at radius 1 is 1.20 bits per heavy atom. The van der Waals surface area contributed by atoms with Gasteiger partial charge in [-0.2, -0.15) is 0 Å². The summed E-state index contributed by atoms with van der Waals surface area (Å²) in [4.78, 5) is 21.9. The van der Waals surface area contributed by atoms with Crippen LogP contribution in [0.3, 0.4) is 0 Å². The normalized spacial score (nSPS) is 22.8. The molecular formula is C12H16O3. The predicted octanol–water partition coefficient (Wildman–Crippen LogP) is 2.36. The zero-order valence-corrected chi connectivity index (χ0v) is 8.83. The second kappa shape index (κ2) is 4.60. The first-order valence-electron chi connectivity index (χ1n) is 5.72. The molecule has 2 rings (SSSR count). The van der Waals surface area contributed by atoms with Crippen molar-refractivity contribution in [3.63, 3.8) is 0 Å². The topological polar surface area (TPSA) is 43.4 Å². The van der Waals surface area contributed by atoms with Gasteiger partial charge in [-0.3, -0.25) is 0 Å². The summed E-state index contributed by atoms with van der Waals surface area (Å²) in [6, 6.07) is 0. The second-order valence-electron chi connectivity index (χ2n) is 4.42. The maximum atomic E-state index is 11.1. The number of rotatable bonds is 3. The molecule has 0 aromatic heterocycles. The van der Waals surface area contributed by atoms with E-state index in [1.807, 2.05) is 0 Å². The zero-order valence-electron chi connectivity index (χ0n) is 8.83. The third-order valence-corrected chi connectivity index (χ3v) is 3.29. The molecule has 0 saturated heterocycles. The Balaban J connectivity index is 1.80. The minimum absolute atomic E-state index is 0.434. The van der Waals surface area contributed by atoms with Gasteiger partial charge in [0.15, 0.2) is 0 Å². The highest BCUT2D eigenvalue weighted by atomic mass is 16.6. The van der Waals surface area contributed by atoms with Gasteiger partial charge in [-0.25, -0.2) is 9.59 Å². The van der Waals surface area contributed by atoms with Crippen LogP contribution in [0.2, 0.25) is 0 Å². The maximum absolute atomic E-state index is 11.1. The van der Waals surface area contributed by atoms with Gasteiger partial charge in [0.05, 0.1) is 0 Å². The van der Waals surface area contributed by atoms with E-state index in [-0.39, 0.29) is 0 Å². The molecule has 1 heterocycles. The maximum Gasteiger partial charge on any atom is 0.342 e. The molecule has 0 unspecified atom stereocenters. The van der Waals surface area contributed by atoms with Crippen molar-refractivity contribution in [2.45, 2.75) is 44.9 Å². The molecule has 2 aliphatic rings. The van der Waals surface area contributed by atoms with Crippen LogP contribution in [0, 0.1) is 5.92 Å². The molecule has 0 aromatic carbocycles. The number of carbonyl (C=O) groups excluding carboxylic acids is 2. The third-order valence-electron chi connectivity index (χ3n) is 3.29. The molecule has 1 aliphatic heterocycles. The number of hydrogen-bond acceptors (Lipinski definition) is 3. The number of ether oxygens (including phenoxy) is 1. The smallest absolute Gasteiger partial charge is 0.342 e. The summed E-state index contributed by atoms with van der Waals surface area (Å²) in [6.07, 6.45) is 9.58. The molecule has 0 spiro atoms. The molecular weight excluding hydrogens is 192 g/mol. The Morgan fingerprint density at radius 3 is 2.53 bits per heavy atom. The van der Waals surface area contributed by atoms with Crippen molar-refractivity contribution in [2.75, 3.05) is 0 Å². The first-order valence-corrected chi connectivity index (χ1v) is 5.72. The molecule has 0 radical (unpaired) electrons. The Labute approximate surface area is 89.5 Å². The SMILES string of the molecule is O=C1C=C(CCC2CCCCC2)C(=O)O1. The van der Waals surface area contributed by atoms with Crippen molar-refractivity contribution in [1.29, 1.82) is 0 Å². The summed E-state index contributed by atoms with van der Waals surface area (Å²) in [5.74, 6) is -0.197. The van der Waals surface area contributed by atoms with Crippen LogP contribution in [-0.2, 0) is 14.3 Å². The standard InChI is InChI=1S/C12H16O3/c13-11-8-10(12(14)15-11)7-6-9-4-2-1-3-5-9/h8-9H,1-7H2. The van der Waals surface area contributed by atoms with Crippen LogP contribution < -0.4 is 0 Å². The van der Waals surface area contributed by atoms with Crippen LogP contribution in [-0.4, -0.2) is 11.9 Å². The minimum atomic E-state index is -0.501.